The van der Waals surface area contributed by atoms with E-state index < -0.39 is 73.4 Å². The van der Waals surface area contributed by atoms with Gasteiger partial charge in [0, 0.05) is 23.4 Å². The van der Waals surface area contributed by atoms with Crippen molar-refractivity contribution in [1.29, 1.82) is 0 Å². The fourth-order valence-corrected chi connectivity index (χ4v) is 6.05. The van der Waals surface area contributed by atoms with Crippen LogP contribution >= 0.6 is 11.6 Å². The summed E-state index contributed by atoms with van der Waals surface area (Å²) >= 11 is 6.09. The molecular formula is C22H19ClF3NO7S. The number of hydrogen-bond acceptors (Lipinski definition) is 7. The third kappa shape index (κ3) is 4.63. The minimum absolute atomic E-state index is 0.212. The fourth-order valence-electron chi connectivity index (χ4n) is 4.06. The van der Waals surface area contributed by atoms with Crippen molar-refractivity contribution in [2.75, 3.05) is 11.1 Å². The Morgan fingerprint density at radius 3 is 2.37 bits per heavy atom. The summed E-state index contributed by atoms with van der Waals surface area (Å²) in [7, 11) is -4.24. The molecule has 13 heteroatoms. The maximum Gasteiger partial charge on any atom is 0.341 e. The Hall–Kier alpha value is -2.67. The minimum atomic E-state index is -4.24. The Labute approximate surface area is 203 Å². The topological polar surface area (TPSA) is 108 Å². The van der Waals surface area contributed by atoms with Gasteiger partial charge in [0.2, 0.25) is 0 Å². The van der Waals surface area contributed by atoms with Gasteiger partial charge in [0.1, 0.15) is 12.2 Å². The number of ether oxygens (including phenoxy) is 3. The molecule has 1 amide bonds. The van der Waals surface area contributed by atoms with Crippen molar-refractivity contribution >= 4 is 39.0 Å². The molecule has 2 saturated heterocycles. The van der Waals surface area contributed by atoms with Crippen molar-refractivity contribution in [3.8, 4) is 0 Å². The number of halogens is 4. The third-order valence-electron chi connectivity index (χ3n) is 5.57. The summed E-state index contributed by atoms with van der Waals surface area (Å²) in [5.74, 6) is -8.29. The van der Waals surface area contributed by atoms with Gasteiger partial charge in [-0.3, -0.25) is 4.79 Å². The van der Waals surface area contributed by atoms with E-state index in [0.29, 0.717) is 12.1 Å². The van der Waals surface area contributed by atoms with Crippen LogP contribution in [-0.2, 0) is 28.8 Å². The minimum Gasteiger partial charge on any atom is -0.456 e. The summed E-state index contributed by atoms with van der Waals surface area (Å²) in [6, 6.07) is 4.45. The molecule has 2 aromatic rings. The van der Waals surface area contributed by atoms with Gasteiger partial charge in [-0.2, -0.15) is 0 Å². The van der Waals surface area contributed by atoms with E-state index in [2.05, 4.69) is 5.32 Å². The van der Waals surface area contributed by atoms with Crippen LogP contribution < -0.4 is 5.32 Å². The summed E-state index contributed by atoms with van der Waals surface area (Å²) in [4.78, 5) is 24.5. The molecule has 0 unspecified atom stereocenters. The van der Waals surface area contributed by atoms with Crippen molar-refractivity contribution < 1.29 is 45.4 Å². The van der Waals surface area contributed by atoms with Crippen LogP contribution in [0, 0.1) is 17.5 Å². The molecule has 0 saturated carbocycles. The van der Waals surface area contributed by atoms with Crippen LogP contribution in [0.4, 0.5) is 18.9 Å². The van der Waals surface area contributed by atoms with Crippen molar-refractivity contribution in [1.82, 2.24) is 0 Å². The predicted molar refractivity (Wildman–Crippen MR) is 116 cm³/mol. The van der Waals surface area contributed by atoms with E-state index in [0.717, 1.165) is 12.1 Å². The van der Waals surface area contributed by atoms with E-state index in [1.165, 1.54) is 13.0 Å². The van der Waals surface area contributed by atoms with Gasteiger partial charge in [0.25, 0.3) is 5.91 Å². The lowest BCUT2D eigenvalue weighted by Crippen LogP contribution is -2.42. The summed E-state index contributed by atoms with van der Waals surface area (Å²) in [5, 5.41) is 1.95. The highest BCUT2D eigenvalue weighted by Crippen LogP contribution is 2.44. The number of sulfone groups is 1. The van der Waals surface area contributed by atoms with E-state index in [-0.39, 0.29) is 16.3 Å². The molecule has 3 atom stereocenters. The molecule has 2 aliphatic heterocycles. The number of esters is 1. The van der Waals surface area contributed by atoms with E-state index >= 15 is 0 Å². The number of hydrogen-bond donors (Lipinski definition) is 1. The summed E-state index contributed by atoms with van der Waals surface area (Å²) < 4.78 is 82.9. The van der Waals surface area contributed by atoms with Gasteiger partial charge in [-0.25, -0.2) is 26.4 Å². The Kier molecular flexibility index (Phi) is 6.15. The number of anilines is 1. The maximum absolute atomic E-state index is 13.4. The monoisotopic (exact) mass is 533 g/mol. The highest BCUT2D eigenvalue weighted by Gasteiger charge is 2.65. The van der Waals surface area contributed by atoms with Crippen LogP contribution in [0.15, 0.2) is 35.2 Å². The van der Waals surface area contributed by atoms with Crippen LogP contribution in [-0.4, -0.2) is 49.6 Å². The number of benzene rings is 2. The highest BCUT2D eigenvalue weighted by molar-refractivity contribution is 7.91. The molecule has 1 N–H and O–H groups in total. The molecule has 35 heavy (non-hydrogen) atoms. The van der Waals surface area contributed by atoms with Gasteiger partial charge in [0.05, 0.1) is 15.7 Å². The summed E-state index contributed by atoms with van der Waals surface area (Å²) in [6.07, 6.45) is -2.22. The Morgan fingerprint density at radius 2 is 1.74 bits per heavy atom. The standard InChI is InChI=1S/C22H19ClF3NO7S/c1-21(2)33-18-15(32-20(29)22(18,3)34-21)9-35(30,31)16-6-10(4-5-12(16)23)19(28)27-11-7-13(24)17(26)14(25)8-11/h4-8,15,18H,9H2,1-3H3,(H,27,28)/t15-,18-,22-/m1/s1. The van der Waals surface area contributed by atoms with Gasteiger partial charge in [-0.15, -0.1) is 0 Å². The number of carbonyl (C=O) groups excluding carboxylic acids is 2. The first-order valence-corrected chi connectivity index (χ1v) is 12.2. The number of cyclic esters (lactones) is 1. The van der Waals surface area contributed by atoms with Gasteiger partial charge in [-0.1, -0.05) is 11.6 Å². The van der Waals surface area contributed by atoms with E-state index in [1.807, 2.05) is 0 Å². The Morgan fingerprint density at radius 1 is 1.11 bits per heavy atom. The Balaban J connectivity index is 1.58. The van der Waals surface area contributed by atoms with Crippen LogP contribution in [0.5, 0.6) is 0 Å². The first kappa shape index (κ1) is 25.4. The second-order valence-electron chi connectivity index (χ2n) is 8.73. The number of amides is 1. The third-order valence-corrected chi connectivity index (χ3v) is 7.78. The number of fused-ring (bicyclic) bond motifs is 1. The SMILES string of the molecule is CC1(C)O[C@@H]2[C@@H](CS(=O)(=O)c3cc(C(=O)Nc4cc(F)c(F)c(F)c4)ccc3Cl)OC(=O)[C@]2(C)O1. The van der Waals surface area contributed by atoms with Crippen molar-refractivity contribution in [2.45, 2.75) is 49.3 Å². The molecule has 0 bridgehead atoms. The normalized spacial score (nSPS) is 25.3. The highest BCUT2D eigenvalue weighted by atomic mass is 35.5. The average Bonchev–Trinajstić information content (AvgIpc) is 3.12. The van der Waals surface area contributed by atoms with E-state index in [4.69, 9.17) is 25.8 Å². The van der Waals surface area contributed by atoms with Crippen molar-refractivity contribution in [2.24, 2.45) is 0 Å². The van der Waals surface area contributed by atoms with Gasteiger partial charge in [0.15, 0.2) is 38.7 Å². The molecule has 2 heterocycles. The average molecular weight is 534 g/mol. The lowest BCUT2D eigenvalue weighted by atomic mass is 9.99. The predicted octanol–water partition coefficient (Wildman–Crippen LogP) is 3.62. The molecule has 2 aromatic carbocycles. The number of carbonyl (C=O) groups is 2. The quantitative estimate of drug-likeness (QED) is 0.462. The largest absolute Gasteiger partial charge is 0.456 e. The zero-order chi connectivity index (χ0) is 25.9. The van der Waals surface area contributed by atoms with E-state index in [9.17, 15) is 31.2 Å². The van der Waals surface area contributed by atoms with Crippen LogP contribution in [0.2, 0.25) is 5.02 Å². The van der Waals surface area contributed by atoms with Crippen LogP contribution in [0.25, 0.3) is 0 Å². The molecule has 8 nitrogen and oxygen atoms in total. The molecule has 188 valence electrons. The van der Waals surface area contributed by atoms with Crippen LogP contribution in [0.1, 0.15) is 31.1 Å². The van der Waals surface area contributed by atoms with Gasteiger partial charge >= 0.3 is 5.97 Å². The smallest absolute Gasteiger partial charge is 0.341 e. The van der Waals surface area contributed by atoms with E-state index in [1.54, 1.807) is 13.8 Å². The lowest BCUT2D eigenvalue weighted by Gasteiger charge is -2.21. The lowest BCUT2D eigenvalue weighted by molar-refractivity contribution is -0.195. The number of rotatable bonds is 5. The molecule has 0 aliphatic carbocycles. The zero-order valence-corrected chi connectivity index (χ0v) is 20.1. The van der Waals surface area contributed by atoms with Gasteiger partial charge in [-0.05, 0) is 39.0 Å². The fraction of sp³-hybridized carbons (Fsp3) is 0.364. The van der Waals surface area contributed by atoms with Crippen molar-refractivity contribution in [3.05, 3.63) is 58.4 Å². The molecule has 2 aliphatic rings. The molecular weight excluding hydrogens is 515 g/mol. The summed E-state index contributed by atoms with van der Waals surface area (Å²) in [6.45, 7) is 4.60. The summed E-state index contributed by atoms with van der Waals surface area (Å²) in [5.41, 5.74) is -2.09. The molecule has 2 fully saturated rings. The molecule has 0 radical (unpaired) electrons. The first-order valence-electron chi connectivity index (χ1n) is 10.2. The maximum atomic E-state index is 13.4. The molecule has 0 aromatic heterocycles. The van der Waals surface area contributed by atoms with Gasteiger partial charge < -0.3 is 19.5 Å². The molecule has 4 rings (SSSR count). The second-order valence-corrected chi connectivity index (χ2v) is 11.1. The number of nitrogens with one attached hydrogen (secondary N) is 1. The first-order chi connectivity index (χ1) is 16.1. The molecule has 0 spiro atoms. The van der Waals surface area contributed by atoms with Crippen molar-refractivity contribution in [3.63, 3.8) is 0 Å². The zero-order valence-electron chi connectivity index (χ0n) is 18.5. The Bertz CT molecular complexity index is 1330. The second kappa shape index (κ2) is 8.47. The van der Waals surface area contributed by atoms with Crippen LogP contribution in [0.3, 0.4) is 0 Å².